The summed E-state index contributed by atoms with van der Waals surface area (Å²) < 4.78 is 37.7. The summed E-state index contributed by atoms with van der Waals surface area (Å²) in [5.41, 5.74) is 0. The maximum atomic E-state index is 13.4. The van der Waals surface area contributed by atoms with Crippen molar-refractivity contribution in [1.82, 2.24) is 0 Å². The van der Waals surface area contributed by atoms with Gasteiger partial charge in [0.25, 0.3) is 0 Å². The number of benzene rings is 1. The van der Waals surface area contributed by atoms with Crippen molar-refractivity contribution in [2.45, 2.75) is 32.0 Å². The SMILES string of the molecule is CC1CCC(COc2cc(Br)cc(F)c2F)O1. The van der Waals surface area contributed by atoms with E-state index in [1.807, 2.05) is 6.92 Å². The first kappa shape index (κ1) is 12.8. The van der Waals surface area contributed by atoms with Crippen LogP contribution in [0.15, 0.2) is 16.6 Å². The van der Waals surface area contributed by atoms with E-state index < -0.39 is 11.6 Å². The van der Waals surface area contributed by atoms with Gasteiger partial charge in [0.2, 0.25) is 5.82 Å². The molecule has 17 heavy (non-hydrogen) atoms. The van der Waals surface area contributed by atoms with Gasteiger partial charge in [-0.2, -0.15) is 4.39 Å². The second-order valence-electron chi connectivity index (χ2n) is 4.16. The minimum Gasteiger partial charge on any atom is -0.488 e. The summed E-state index contributed by atoms with van der Waals surface area (Å²) in [5.74, 6) is -1.96. The van der Waals surface area contributed by atoms with E-state index in [4.69, 9.17) is 9.47 Å². The van der Waals surface area contributed by atoms with E-state index >= 15 is 0 Å². The van der Waals surface area contributed by atoms with Gasteiger partial charge in [-0.25, -0.2) is 4.39 Å². The van der Waals surface area contributed by atoms with E-state index in [0.717, 1.165) is 18.9 Å². The van der Waals surface area contributed by atoms with Crippen molar-refractivity contribution >= 4 is 15.9 Å². The van der Waals surface area contributed by atoms with Crippen LogP contribution >= 0.6 is 15.9 Å². The van der Waals surface area contributed by atoms with E-state index in [1.54, 1.807) is 0 Å². The molecule has 2 atom stereocenters. The van der Waals surface area contributed by atoms with Crippen LogP contribution in [0.5, 0.6) is 5.75 Å². The van der Waals surface area contributed by atoms with Gasteiger partial charge in [0.05, 0.1) is 12.2 Å². The predicted octanol–water partition coefficient (Wildman–Crippen LogP) is 3.67. The van der Waals surface area contributed by atoms with Gasteiger partial charge in [0.1, 0.15) is 6.61 Å². The molecule has 0 N–H and O–H groups in total. The molecule has 1 aromatic carbocycles. The molecular formula is C12H13BrF2O2. The smallest absolute Gasteiger partial charge is 0.200 e. The van der Waals surface area contributed by atoms with Crippen LogP contribution in [0, 0.1) is 11.6 Å². The van der Waals surface area contributed by atoms with Crippen LogP contribution in [-0.4, -0.2) is 18.8 Å². The fourth-order valence-corrected chi connectivity index (χ4v) is 2.24. The highest BCUT2D eigenvalue weighted by Gasteiger charge is 2.23. The Morgan fingerprint density at radius 2 is 2.18 bits per heavy atom. The van der Waals surface area contributed by atoms with Crippen molar-refractivity contribution in [2.24, 2.45) is 0 Å². The average molecular weight is 307 g/mol. The summed E-state index contributed by atoms with van der Waals surface area (Å²) in [6.45, 7) is 2.23. The molecule has 0 spiro atoms. The Labute approximate surface area is 107 Å². The molecule has 2 rings (SSSR count). The minimum absolute atomic E-state index is 0.0357. The van der Waals surface area contributed by atoms with E-state index in [9.17, 15) is 8.78 Å². The summed E-state index contributed by atoms with van der Waals surface area (Å²) in [5, 5.41) is 0. The van der Waals surface area contributed by atoms with Crippen molar-refractivity contribution in [3.05, 3.63) is 28.2 Å². The molecule has 1 saturated heterocycles. The molecule has 0 amide bonds. The lowest BCUT2D eigenvalue weighted by molar-refractivity contribution is 0.0254. The molecule has 1 aliphatic heterocycles. The first-order chi connectivity index (χ1) is 8.06. The zero-order valence-electron chi connectivity index (χ0n) is 9.38. The molecule has 94 valence electrons. The fraction of sp³-hybridized carbons (Fsp3) is 0.500. The molecule has 5 heteroatoms. The largest absolute Gasteiger partial charge is 0.488 e. The van der Waals surface area contributed by atoms with Gasteiger partial charge in [0, 0.05) is 4.47 Å². The molecule has 0 saturated carbocycles. The summed E-state index contributed by atoms with van der Waals surface area (Å²) in [4.78, 5) is 0. The molecule has 1 aliphatic rings. The number of halogens is 3. The summed E-state index contributed by atoms with van der Waals surface area (Å²) in [6, 6.07) is 2.48. The highest BCUT2D eigenvalue weighted by molar-refractivity contribution is 9.10. The third-order valence-electron chi connectivity index (χ3n) is 2.70. The van der Waals surface area contributed by atoms with Crippen LogP contribution < -0.4 is 4.74 Å². The third-order valence-corrected chi connectivity index (χ3v) is 3.16. The van der Waals surface area contributed by atoms with Crippen LogP contribution in [0.3, 0.4) is 0 Å². The zero-order chi connectivity index (χ0) is 12.4. The zero-order valence-corrected chi connectivity index (χ0v) is 11.0. The van der Waals surface area contributed by atoms with Gasteiger partial charge in [-0.05, 0) is 31.9 Å². The van der Waals surface area contributed by atoms with Crippen LogP contribution in [-0.2, 0) is 4.74 Å². The standard InChI is InChI=1S/C12H13BrF2O2/c1-7-2-3-9(17-7)6-16-11-5-8(13)4-10(14)12(11)15/h4-5,7,9H,2-3,6H2,1H3. The lowest BCUT2D eigenvalue weighted by atomic mass is 10.2. The second kappa shape index (κ2) is 5.31. The Bertz CT molecular complexity index is 412. The lowest BCUT2D eigenvalue weighted by Crippen LogP contribution is -2.18. The molecular weight excluding hydrogens is 294 g/mol. The lowest BCUT2D eigenvalue weighted by Gasteiger charge is -2.13. The fourth-order valence-electron chi connectivity index (χ4n) is 1.83. The maximum absolute atomic E-state index is 13.4. The number of rotatable bonds is 3. The Hall–Kier alpha value is -0.680. The van der Waals surface area contributed by atoms with Crippen LogP contribution in [0.25, 0.3) is 0 Å². The second-order valence-corrected chi connectivity index (χ2v) is 5.07. The van der Waals surface area contributed by atoms with Gasteiger partial charge >= 0.3 is 0 Å². The number of ether oxygens (including phenoxy) is 2. The topological polar surface area (TPSA) is 18.5 Å². The average Bonchev–Trinajstić information content (AvgIpc) is 2.67. The Balaban J connectivity index is 1.99. The Morgan fingerprint density at radius 3 is 2.82 bits per heavy atom. The van der Waals surface area contributed by atoms with Gasteiger partial charge < -0.3 is 9.47 Å². The van der Waals surface area contributed by atoms with Crippen LogP contribution in [0.1, 0.15) is 19.8 Å². The highest BCUT2D eigenvalue weighted by Crippen LogP contribution is 2.26. The van der Waals surface area contributed by atoms with Crippen molar-refractivity contribution in [1.29, 1.82) is 0 Å². The Morgan fingerprint density at radius 1 is 1.41 bits per heavy atom. The summed E-state index contributed by atoms with van der Waals surface area (Å²) in [6.07, 6.45) is 2.04. The molecule has 1 fully saturated rings. The third kappa shape index (κ3) is 3.16. The minimum atomic E-state index is -0.959. The van der Waals surface area contributed by atoms with E-state index in [-0.39, 0.29) is 24.6 Å². The van der Waals surface area contributed by atoms with Crippen LogP contribution in [0.2, 0.25) is 0 Å². The molecule has 0 aromatic heterocycles. The first-order valence-corrected chi connectivity index (χ1v) is 6.28. The van der Waals surface area contributed by atoms with Crippen molar-refractivity contribution in [3.8, 4) is 5.75 Å². The van der Waals surface area contributed by atoms with E-state index in [1.165, 1.54) is 6.07 Å². The first-order valence-electron chi connectivity index (χ1n) is 5.49. The van der Waals surface area contributed by atoms with Crippen molar-refractivity contribution < 1.29 is 18.3 Å². The summed E-state index contributed by atoms with van der Waals surface area (Å²) >= 11 is 3.09. The predicted molar refractivity (Wildman–Crippen MR) is 63.1 cm³/mol. The van der Waals surface area contributed by atoms with Gasteiger partial charge in [0.15, 0.2) is 11.6 Å². The van der Waals surface area contributed by atoms with Crippen molar-refractivity contribution in [2.75, 3.05) is 6.61 Å². The van der Waals surface area contributed by atoms with Gasteiger partial charge in [-0.3, -0.25) is 0 Å². The number of hydrogen-bond acceptors (Lipinski definition) is 2. The molecule has 0 bridgehead atoms. The van der Waals surface area contributed by atoms with Crippen LogP contribution in [0.4, 0.5) is 8.78 Å². The monoisotopic (exact) mass is 306 g/mol. The molecule has 2 unspecified atom stereocenters. The van der Waals surface area contributed by atoms with Gasteiger partial charge in [-0.15, -0.1) is 0 Å². The maximum Gasteiger partial charge on any atom is 0.200 e. The molecule has 1 heterocycles. The highest BCUT2D eigenvalue weighted by atomic mass is 79.9. The molecule has 0 radical (unpaired) electrons. The molecule has 0 aliphatic carbocycles. The van der Waals surface area contributed by atoms with E-state index in [0.29, 0.717) is 4.47 Å². The normalized spacial score (nSPS) is 24.0. The Kier molecular flexibility index (Phi) is 3.99. The van der Waals surface area contributed by atoms with Crippen molar-refractivity contribution in [3.63, 3.8) is 0 Å². The molecule has 1 aromatic rings. The van der Waals surface area contributed by atoms with Gasteiger partial charge in [-0.1, -0.05) is 15.9 Å². The molecule has 2 nitrogen and oxygen atoms in total. The number of hydrogen-bond donors (Lipinski definition) is 0. The van der Waals surface area contributed by atoms with E-state index in [2.05, 4.69) is 15.9 Å². The summed E-state index contributed by atoms with van der Waals surface area (Å²) in [7, 11) is 0. The quantitative estimate of drug-likeness (QED) is 0.793.